The van der Waals surface area contributed by atoms with Gasteiger partial charge in [0.1, 0.15) is 16.5 Å². The number of thiazole rings is 1. The molecule has 2 aromatic carbocycles. The van der Waals surface area contributed by atoms with Gasteiger partial charge in [0.25, 0.3) is 0 Å². The van der Waals surface area contributed by atoms with Crippen LogP contribution in [-0.2, 0) is 13.1 Å². The second-order valence-electron chi connectivity index (χ2n) is 6.33. The molecule has 8 heteroatoms. The summed E-state index contributed by atoms with van der Waals surface area (Å²) in [6.45, 7) is 1.24. The number of ether oxygens (including phenoxy) is 2. The summed E-state index contributed by atoms with van der Waals surface area (Å²) in [5.41, 5.74) is 1.79. The highest BCUT2D eigenvalue weighted by atomic mass is 32.1. The Kier molecular flexibility index (Phi) is 5.23. The molecule has 7 nitrogen and oxygen atoms in total. The van der Waals surface area contributed by atoms with Crippen LogP contribution in [0.4, 0.5) is 0 Å². The van der Waals surface area contributed by atoms with Crippen molar-refractivity contribution in [3.8, 4) is 22.9 Å². The lowest BCUT2D eigenvalue weighted by Gasteiger charge is -2.11. The standard InChI is InChI=1S/C20H20N4O3S/c1-24(12-19-21-15-6-4-5-7-17(15)28-19)11-18-22-20(23-27-18)14-9-8-13(25-2)10-16(14)26-3/h4-10H,11-12H2,1-3H3. The van der Waals surface area contributed by atoms with Gasteiger partial charge in [-0.2, -0.15) is 4.98 Å². The fraction of sp³-hybridized carbons (Fsp3) is 0.250. The van der Waals surface area contributed by atoms with E-state index in [1.165, 1.54) is 4.70 Å². The lowest BCUT2D eigenvalue weighted by Crippen LogP contribution is -2.17. The third kappa shape index (κ3) is 3.83. The van der Waals surface area contributed by atoms with Crippen LogP contribution < -0.4 is 9.47 Å². The first-order valence-corrected chi connectivity index (χ1v) is 9.56. The minimum Gasteiger partial charge on any atom is -0.497 e. The van der Waals surface area contributed by atoms with Crippen LogP contribution in [0.1, 0.15) is 10.9 Å². The first-order chi connectivity index (χ1) is 13.7. The summed E-state index contributed by atoms with van der Waals surface area (Å²) in [6.07, 6.45) is 0. The number of hydrogen-bond acceptors (Lipinski definition) is 8. The third-order valence-electron chi connectivity index (χ3n) is 4.27. The first kappa shape index (κ1) is 18.4. The molecule has 0 saturated carbocycles. The van der Waals surface area contributed by atoms with Crippen molar-refractivity contribution in [2.75, 3.05) is 21.3 Å². The van der Waals surface area contributed by atoms with Gasteiger partial charge in [-0.25, -0.2) is 4.98 Å². The van der Waals surface area contributed by atoms with Crippen LogP contribution >= 0.6 is 11.3 Å². The zero-order valence-electron chi connectivity index (χ0n) is 15.9. The van der Waals surface area contributed by atoms with E-state index in [2.05, 4.69) is 26.1 Å². The van der Waals surface area contributed by atoms with Crippen molar-refractivity contribution in [1.82, 2.24) is 20.0 Å². The average molecular weight is 396 g/mol. The number of nitrogens with zero attached hydrogens (tertiary/aromatic N) is 4. The monoisotopic (exact) mass is 396 g/mol. The molecule has 0 spiro atoms. The normalized spacial score (nSPS) is 11.3. The number of methoxy groups -OCH3 is 2. The number of rotatable bonds is 7. The molecular formula is C20H20N4O3S. The Labute approximate surface area is 166 Å². The zero-order chi connectivity index (χ0) is 19.5. The third-order valence-corrected chi connectivity index (χ3v) is 5.29. The lowest BCUT2D eigenvalue weighted by molar-refractivity contribution is 0.260. The van der Waals surface area contributed by atoms with E-state index in [0.29, 0.717) is 36.3 Å². The maximum absolute atomic E-state index is 5.44. The van der Waals surface area contributed by atoms with Crippen LogP contribution in [-0.4, -0.2) is 41.3 Å². The van der Waals surface area contributed by atoms with E-state index < -0.39 is 0 Å². The molecule has 0 aliphatic heterocycles. The zero-order valence-corrected chi connectivity index (χ0v) is 16.7. The summed E-state index contributed by atoms with van der Waals surface area (Å²) in [4.78, 5) is 11.3. The molecule has 0 radical (unpaired) electrons. The molecule has 0 N–H and O–H groups in total. The topological polar surface area (TPSA) is 73.5 Å². The lowest BCUT2D eigenvalue weighted by atomic mass is 10.2. The molecule has 0 fully saturated rings. The Hall–Kier alpha value is -2.97. The predicted molar refractivity (Wildman–Crippen MR) is 108 cm³/mol. The van der Waals surface area contributed by atoms with Gasteiger partial charge in [-0.15, -0.1) is 11.3 Å². The van der Waals surface area contributed by atoms with Crippen LogP contribution in [0.25, 0.3) is 21.6 Å². The Bertz CT molecular complexity index is 1060. The minimum absolute atomic E-state index is 0.489. The number of aromatic nitrogens is 3. The van der Waals surface area contributed by atoms with E-state index in [1.807, 2.05) is 37.4 Å². The van der Waals surface area contributed by atoms with E-state index in [0.717, 1.165) is 16.1 Å². The highest BCUT2D eigenvalue weighted by Crippen LogP contribution is 2.31. The molecule has 0 amide bonds. The van der Waals surface area contributed by atoms with Crippen LogP contribution in [0, 0.1) is 0 Å². The Balaban J connectivity index is 1.47. The van der Waals surface area contributed by atoms with E-state index >= 15 is 0 Å². The molecule has 4 aromatic rings. The highest BCUT2D eigenvalue weighted by Gasteiger charge is 2.16. The van der Waals surface area contributed by atoms with Gasteiger partial charge < -0.3 is 14.0 Å². The van der Waals surface area contributed by atoms with Crippen molar-refractivity contribution < 1.29 is 14.0 Å². The number of benzene rings is 2. The van der Waals surface area contributed by atoms with Crippen LogP contribution in [0.15, 0.2) is 47.0 Å². The van der Waals surface area contributed by atoms with Gasteiger partial charge in [0.2, 0.25) is 11.7 Å². The summed E-state index contributed by atoms with van der Waals surface area (Å²) in [7, 11) is 5.22. The SMILES string of the molecule is COc1ccc(-c2noc(CN(C)Cc3nc4ccccc4s3)n2)c(OC)c1. The van der Waals surface area contributed by atoms with Gasteiger partial charge in [0.05, 0.1) is 43.1 Å². The van der Waals surface area contributed by atoms with E-state index in [-0.39, 0.29) is 0 Å². The summed E-state index contributed by atoms with van der Waals surface area (Å²) in [5.74, 6) is 2.37. The molecule has 0 aliphatic rings. The molecule has 144 valence electrons. The molecule has 0 aliphatic carbocycles. The van der Waals surface area contributed by atoms with Gasteiger partial charge in [0.15, 0.2) is 0 Å². The quantitative estimate of drug-likeness (QED) is 0.467. The molecule has 28 heavy (non-hydrogen) atoms. The summed E-state index contributed by atoms with van der Waals surface area (Å²) >= 11 is 1.70. The van der Waals surface area contributed by atoms with Gasteiger partial charge in [-0.05, 0) is 31.3 Å². The number of hydrogen-bond donors (Lipinski definition) is 0. The maximum Gasteiger partial charge on any atom is 0.241 e. The summed E-state index contributed by atoms with van der Waals surface area (Å²) in [6, 6.07) is 13.6. The maximum atomic E-state index is 5.44. The van der Waals surface area contributed by atoms with E-state index in [4.69, 9.17) is 14.0 Å². The smallest absolute Gasteiger partial charge is 0.241 e. The number of para-hydroxylation sites is 1. The van der Waals surface area contributed by atoms with Crippen molar-refractivity contribution in [2.45, 2.75) is 13.1 Å². The number of fused-ring (bicyclic) bond motifs is 1. The van der Waals surface area contributed by atoms with Crippen LogP contribution in [0.5, 0.6) is 11.5 Å². The average Bonchev–Trinajstić information content (AvgIpc) is 3.33. The van der Waals surface area contributed by atoms with Crippen LogP contribution in [0.3, 0.4) is 0 Å². The van der Waals surface area contributed by atoms with Crippen molar-refractivity contribution in [2.24, 2.45) is 0 Å². The van der Waals surface area contributed by atoms with E-state index in [1.54, 1.807) is 31.6 Å². The fourth-order valence-electron chi connectivity index (χ4n) is 2.92. The van der Waals surface area contributed by atoms with Gasteiger partial charge in [-0.1, -0.05) is 17.3 Å². The molecule has 2 heterocycles. The van der Waals surface area contributed by atoms with Crippen molar-refractivity contribution >= 4 is 21.6 Å². The fourth-order valence-corrected chi connectivity index (χ4v) is 3.96. The van der Waals surface area contributed by atoms with Crippen molar-refractivity contribution in [1.29, 1.82) is 0 Å². The van der Waals surface area contributed by atoms with Gasteiger partial charge in [-0.3, -0.25) is 4.90 Å². The summed E-state index contributed by atoms with van der Waals surface area (Å²) in [5, 5.41) is 5.15. The highest BCUT2D eigenvalue weighted by molar-refractivity contribution is 7.18. The second-order valence-corrected chi connectivity index (χ2v) is 7.44. The second kappa shape index (κ2) is 7.95. The molecule has 0 atom stereocenters. The van der Waals surface area contributed by atoms with Gasteiger partial charge in [0, 0.05) is 6.07 Å². The molecule has 0 bridgehead atoms. The Morgan fingerprint density at radius 1 is 1.04 bits per heavy atom. The van der Waals surface area contributed by atoms with Crippen molar-refractivity contribution in [3.63, 3.8) is 0 Å². The van der Waals surface area contributed by atoms with Crippen LogP contribution in [0.2, 0.25) is 0 Å². The molecule has 4 rings (SSSR count). The molecular weight excluding hydrogens is 376 g/mol. The van der Waals surface area contributed by atoms with Gasteiger partial charge >= 0.3 is 0 Å². The summed E-state index contributed by atoms with van der Waals surface area (Å²) < 4.78 is 17.3. The Morgan fingerprint density at radius 3 is 2.68 bits per heavy atom. The largest absolute Gasteiger partial charge is 0.497 e. The first-order valence-electron chi connectivity index (χ1n) is 8.74. The molecule has 2 aromatic heterocycles. The Morgan fingerprint density at radius 2 is 1.89 bits per heavy atom. The molecule has 0 unspecified atom stereocenters. The minimum atomic E-state index is 0.489. The van der Waals surface area contributed by atoms with Crippen molar-refractivity contribution in [3.05, 3.63) is 53.4 Å². The van der Waals surface area contributed by atoms with E-state index in [9.17, 15) is 0 Å². The predicted octanol–water partition coefficient (Wildman–Crippen LogP) is 4.00. The molecule has 0 saturated heterocycles.